The highest BCUT2D eigenvalue weighted by Crippen LogP contribution is 2.22. The maximum atomic E-state index is 12.9. The average molecular weight is 445 g/mol. The van der Waals surface area contributed by atoms with Crippen molar-refractivity contribution in [1.82, 2.24) is 9.55 Å². The molecule has 1 aromatic carbocycles. The minimum Gasteiger partial charge on any atom is -0.304 e. The van der Waals surface area contributed by atoms with Crippen molar-refractivity contribution in [3.05, 3.63) is 53.6 Å². The summed E-state index contributed by atoms with van der Waals surface area (Å²) in [4.78, 5) is 7.16. The molecule has 1 aromatic heterocycles. The zero-order valence-corrected chi connectivity index (χ0v) is 18.2. The highest BCUT2D eigenvalue weighted by atomic mass is 32.2. The third-order valence-electron chi connectivity index (χ3n) is 3.16. The first-order valence-corrected chi connectivity index (χ1v) is 9.83. The maximum absolute atomic E-state index is 12.9. The molecule has 0 saturated carbocycles. The fourth-order valence-electron chi connectivity index (χ4n) is 2.00. The van der Waals surface area contributed by atoms with Crippen LogP contribution in [0, 0.1) is 12.8 Å². The van der Waals surface area contributed by atoms with E-state index >= 15 is 0 Å². The van der Waals surface area contributed by atoms with Gasteiger partial charge in [0.05, 0.1) is 12.1 Å². The van der Waals surface area contributed by atoms with Crippen LogP contribution in [0.4, 0.5) is 13.2 Å². The Balaban J connectivity index is 0. The van der Waals surface area contributed by atoms with Crippen LogP contribution in [0.25, 0.3) is 5.69 Å². The summed E-state index contributed by atoms with van der Waals surface area (Å²) in [7, 11) is -1.66. The minimum absolute atomic E-state index is 0.0405. The first kappa shape index (κ1) is 29.3. The molecular formula is C20H27F3N4O2S. The summed E-state index contributed by atoms with van der Waals surface area (Å²) in [6.45, 7) is 6.92. The lowest BCUT2D eigenvalue weighted by Gasteiger charge is -2.07. The molecule has 0 bridgehead atoms. The number of allylic oxidation sites excluding steroid dienone is 2. The number of benzene rings is 1. The molecule has 2 N–H and O–H groups in total. The normalized spacial score (nSPS) is 9.70. The van der Waals surface area contributed by atoms with E-state index in [2.05, 4.69) is 29.5 Å². The van der Waals surface area contributed by atoms with Gasteiger partial charge in [-0.1, -0.05) is 11.6 Å². The summed E-state index contributed by atoms with van der Waals surface area (Å²) in [6.07, 6.45) is 8.86. The molecule has 0 aliphatic heterocycles. The van der Waals surface area contributed by atoms with E-state index in [4.69, 9.17) is 5.14 Å². The van der Waals surface area contributed by atoms with E-state index in [1.165, 1.54) is 35.0 Å². The number of rotatable bonds is 5. The molecule has 0 aliphatic rings. The second kappa shape index (κ2) is 15.0. The van der Waals surface area contributed by atoms with Gasteiger partial charge in [-0.2, -0.15) is 0 Å². The number of halogens is 3. The summed E-state index contributed by atoms with van der Waals surface area (Å²) >= 11 is 0. The summed E-state index contributed by atoms with van der Waals surface area (Å²) in [6, 6.07) is 5.67. The Hall–Kier alpha value is -2.90. The van der Waals surface area contributed by atoms with Gasteiger partial charge in [-0.25, -0.2) is 27.3 Å². The monoisotopic (exact) mass is 444 g/mol. The topological polar surface area (TPSA) is 90.3 Å². The number of hydrogen-bond acceptors (Lipinski definition) is 4. The van der Waals surface area contributed by atoms with Crippen LogP contribution in [0.5, 0.6) is 0 Å². The van der Waals surface area contributed by atoms with Crippen molar-refractivity contribution in [3.8, 4) is 18.5 Å². The number of alkyl halides is 3. The molecule has 0 aliphatic carbocycles. The van der Waals surface area contributed by atoms with Crippen LogP contribution >= 0.6 is 0 Å². The van der Waals surface area contributed by atoms with Crippen molar-refractivity contribution in [2.75, 3.05) is 14.2 Å². The molecule has 6 nitrogen and oxygen atoms in total. The lowest BCUT2D eigenvalue weighted by molar-refractivity contribution is 0.146. The van der Waals surface area contributed by atoms with Crippen LogP contribution in [0.1, 0.15) is 31.8 Å². The van der Waals surface area contributed by atoms with Gasteiger partial charge in [-0.3, -0.25) is 4.39 Å². The zero-order chi connectivity index (χ0) is 23.9. The van der Waals surface area contributed by atoms with Gasteiger partial charge >= 0.3 is 0 Å². The zero-order valence-electron chi connectivity index (χ0n) is 17.4. The summed E-state index contributed by atoms with van der Waals surface area (Å²) in [5, 5.41) is 5.05. The molecular weight excluding hydrogens is 417 g/mol. The van der Waals surface area contributed by atoms with Crippen molar-refractivity contribution < 1.29 is 21.6 Å². The molecule has 1 heterocycles. The van der Waals surface area contributed by atoms with Crippen molar-refractivity contribution in [2.24, 2.45) is 10.1 Å². The van der Waals surface area contributed by atoms with E-state index in [0.29, 0.717) is 25.1 Å². The molecule has 0 unspecified atom stereocenters. The maximum Gasteiger partial charge on any atom is 0.281 e. The summed E-state index contributed by atoms with van der Waals surface area (Å²) in [5.41, 5.74) is 1.26. The Labute approximate surface area is 176 Å². The Kier molecular flexibility index (Phi) is 14.7. The average Bonchev–Trinajstić information content (AvgIpc) is 3.14. The smallest absolute Gasteiger partial charge is 0.281 e. The Morgan fingerprint density at radius 2 is 1.73 bits per heavy atom. The number of nitrogens with two attached hydrogens (primary N) is 1. The number of sulfonamides is 1. The summed E-state index contributed by atoms with van der Waals surface area (Å²) < 4.78 is 59.4. The van der Waals surface area contributed by atoms with Gasteiger partial charge in [0.25, 0.3) is 6.43 Å². The van der Waals surface area contributed by atoms with Gasteiger partial charge in [-0.15, -0.1) is 12.8 Å². The van der Waals surface area contributed by atoms with Crippen LogP contribution in [0.3, 0.4) is 0 Å². The van der Waals surface area contributed by atoms with E-state index < -0.39 is 16.4 Å². The number of aromatic nitrogens is 2. The van der Waals surface area contributed by atoms with Crippen molar-refractivity contribution in [1.29, 1.82) is 0 Å². The lowest BCUT2D eigenvalue weighted by atomic mass is 10.2. The third-order valence-corrected chi connectivity index (χ3v) is 4.09. The predicted molar refractivity (Wildman–Crippen MR) is 115 cm³/mol. The number of primary sulfonamides is 1. The van der Waals surface area contributed by atoms with Gasteiger partial charge in [0.1, 0.15) is 11.5 Å². The van der Waals surface area contributed by atoms with Crippen LogP contribution in [0.2, 0.25) is 0 Å². The predicted octanol–water partition coefficient (Wildman–Crippen LogP) is 4.12. The third kappa shape index (κ3) is 10.0. The number of aliphatic imine (C=N–C) groups is 1. The Morgan fingerprint density at radius 1 is 1.27 bits per heavy atom. The molecule has 10 heteroatoms. The van der Waals surface area contributed by atoms with Crippen molar-refractivity contribution in [2.45, 2.75) is 31.6 Å². The van der Waals surface area contributed by atoms with E-state index in [1.54, 1.807) is 7.05 Å². The first-order chi connectivity index (χ1) is 14.1. The Bertz CT molecular complexity index is 915. The number of imidazole rings is 1. The molecule has 0 amide bonds. The van der Waals surface area contributed by atoms with E-state index in [-0.39, 0.29) is 10.6 Å². The van der Waals surface area contributed by atoms with Gasteiger partial charge in [0.2, 0.25) is 10.0 Å². The quantitative estimate of drug-likeness (QED) is 0.427. The van der Waals surface area contributed by atoms with Crippen LogP contribution < -0.4 is 5.14 Å². The lowest BCUT2D eigenvalue weighted by Crippen LogP contribution is -2.12. The molecule has 0 spiro atoms. The molecule has 0 saturated heterocycles. The molecule has 0 atom stereocenters. The van der Waals surface area contributed by atoms with Gasteiger partial charge in [-0.05, 0) is 44.8 Å². The van der Waals surface area contributed by atoms with Gasteiger partial charge < -0.3 is 9.56 Å². The minimum atomic E-state index is -3.80. The number of nitrogens with zero attached hydrogens (tertiary/aromatic N) is 3. The van der Waals surface area contributed by atoms with Crippen LogP contribution in [-0.2, 0) is 16.4 Å². The second-order valence-electron chi connectivity index (χ2n) is 5.59. The highest BCUT2D eigenvalue weighted by molar-refractivity contribution is 7.89. The van der Waals surface area contributed by atoms with Gasteiger partial charge in [0.15, 0.2) is 0 Å². The molecule has 0 radical (unpaired) electrons. The SMILES string of the molecule is C#C.C=NC.CC(C)=CCc1nc(C(F)F)cn1-c1ccc(S(N)(=O)=O)cc1.CF. The molecule has 2 aromatic rings. The van der Waals surface area contributed by atoms with E-state index in [1.807, 2.05) is 19.9 Å². The van der Waals surface area contributed by atoms with Crippen molar-refractivity contribution in [3.63, 3.8) is 0 Å². The highest BCUT2D eigenvalue weighted by Gasteiger charge is 2.16. The summed E-state index contributed by atoms with van der Waals surface area (Å²) in [5.74, 6) is 0.449. The van der Waals surface area contributed by atoms with Crippen LogP contribution in [0.15, 0.2) is 52.0 Å². The molecule has 30 heavy (non-hydrogen) atoms. The number of hydrogen-bond donors (Lipinski definition) is 1. The second-order valence-corrected chi connectivity index (χ2v) is 7.15. The molecule has 166 valence electrons. The van der Waals surface area contributed by atoms with E-state index in [9.17, 15) is 21.6 Å². The number of terminal acetylenes is 1. The molecule has 0 fully saturated rings. The molecule has 2 rings (SSSR count). The first-order valence-electron chi connectivity index (χ1n) is 8.29. The van der Waals surface area contributed by atoms with Crippen molar-refractivity contribution >= 4 is 16.7 Å². The fourth-order valence-corrected chi connectivity index (χ4v) is 2.52. The largest absolute Gasteiger partial charge is 0.304 e. The van der Waals surface area contributed by atoms with E-state index in [0.717, 1.165) is 5.57 Å². The fraction of sp³-hybridized carbons (Fsp3) is 0.300. The van der Waals surface area contributed by atoms with Gasteiger partial charge in [0, 0.05) is 25.4 Å². The standard InChI is InChI=1S/C15H17F2N3O2S.C2H5N.C2H2.CH3F/c1-10(2)3-8-14-19-13(15(16)17)9-20(14)11-4-6-12(7-5-11)23(18,21)22;1-3-2;2*1-2/h3-7,9,15H,8H2,1-2H3,(H2,18,21,22);1H2,2H3;1-2H;1H3. The Morgan fingerprint density at radius 3 is 2.10 bits per heavy atom. The van der Waals surface area contributed by atoms with Crippen LogP contribution in [-0.4, -0.2) is 38.9 Å².